The highest BCUT2D eigenvalue weighted by Gasteiger charge is 2.38. The number of hydrogen-bond acceptors (Lipinski definition) is 1. The summed E-state index contributed by atoms with van der Waals surface area (Å²) in [6.45, 7) is 3.82. The van der Waals surface area contributed by atoms with E-state index < -0.39 is 40.3 Å². The lowest BCUT2D eigenvalue weighted by Gasteiger charge is -2.26. The van der Waals surface area contributed by atoms with Crippen molar-refractivity contribution < 1.29 is 31.1 Å². The van der Waals surface area contributed by atoms with Crippen LogP contribution in [-0.4, -0.2) is 6.61 Å². The SMILES string of the molecule is CCOc1ccc(-c2ccc(CCC3CCC(C)CC3)c(C(F)(F)F)c2F)c(F)c1F. The first kappa shape index (κ1) is 23.5. The van der Waals surface area contributed by atoms with Gasteiger partial charge >= 0.3 is 6.18 Å². The summed E-state index contributed by atoms with van der Waals surface area (Å²) < 4.78 is 89.9. The Labute approximate surface area is 178 Å². The molecule has 0 atom stereocenters. The molecule has 0 saturated heterocycles. The molecule has 0 N–H and O–H groups in total. The minimum absolute atomic E-state index is 0.0803. The Morgan fingerprint density at radius 2 is 1.48 bits per heavy atom. The van der Waals surface area contributed by atoms with E-state index in [9.17, 15) is 22.0 Å². The first-order valence-corrected chi connectivity index (χ1v) is 10.6. The molecule has 0 radical (unpaired) electrons. The lowest BCUT2D eigenvalue weighted by molar-refractivity contribution is -0.140. The molecule has 0 spiro atoms. The molecule has 7 heteroatoms. The maximum Gasteiger partial charge on any atom is 0.419 e. The molecule has 0 aliphatic heterocycles. The Morgan fingerprint density at radius 1 is 0.871 bits per heavy atom. The van der Waals surface area contributed by atoms with Crippen molar-refractivity contribution in [3.63, 3.8) is 0 Å². The molecule has 1 nitrogen and oxygen atoms in total. The van der Waals surface area contributed by atoms with Crippen LogP contribution >= 0.6 is 0 Å². The van der Waals surface area contributed by atoms with Gasteiger partial charge in [-0.3, -0.25) is 0 Å². The molecule has 3 rings (SSSR count). The number of hydrogen-bond donors (Lipinski definition) is 0. The fourth-order valence-electron chi connectivity index (χ4n) is 4.32. The summed E-state index contributed by atoms with van der Waals surface area (Å²) in [7, 11) is 0. The van der Waals surface area contributed by atoms with Crippen molar-refractivity contribution in [3.8, 4) is 16.9 Å². The van der Waals surface area contributed by atoms with E-state index >= 15 is 4.39 Å². The highest BCUT2D eigenvalue weighted by Crippen LogP contribution is 2.41. The van der Waals surface area contributed by atoms with Crippen LogP contribution in [-0.2, 0) is 12.6 Å². The third kappa shape index (κ3) is 5.18. The van der Waals surface area contributed by atoms with Crippen LogP contribution < -0.4 is 4.74 Å². The number of ether oxygens (including phenoxy) is 1. The average Bonchev–Trinajstić information content (AvgIpc) is 2.71. The third-order valence-electron chi connectivity index (χ3n) is 6.11. The van der Waals surface area contributed by atoms with Crippen molar-refractivity contribution in [1.29, 1.82) is 0 Å². The molecule has 1 aliphatic rings. The minimum atomic E-state index is -4.95. The molecule has 2 aromatic rings. The van der Waals surface area contributed by atoms with Gasteiger partial charge in [0.1, 0.15) is 5.82 Å². The van der Waals surface area contributed by atoms with Crippen LogP contribution in [0.2, 0.25) is 0 Å². The molecule has 1 saturated carbocycles. The van der Waals surface area contributed by atoms with Crippen LogP contribution in [0.5, 0.6) is 5.75 Å². The fraction of sp³-hybridized carbons (Fsp3) is 0.500. The number of rotatable bonds is 6. The maximum atomic E-state index is 15.1. The maximum absolute atomic E-state index is 15.1. The van der Waals surface area contributed by atoms with Crippen LogP contribution in [0.1, 0.15) is 57.1 Å². The molecule has 0 aromatic heterocycles. The second-order valence-electron chi connectivity index (χ2n) is 8.30. The first-order valence-electron chi connectivity index (χ1n) is 10.6. The zero-order chi connectivity index (χ0) is 22.8. The van der Waals surface area contributed by atoms with E-state index in [1.54, 1.807) is 6.92 Å². The Bertz CT molecular complexity index is 913. The van der Waals surface area contributed by atoms with Crippen molar-refractivity contribution in [2.24, 2.45) is 11.8 Å². The normalized spacial score (nSPS) is 19.5. The quantitative estimate of drug-likeness (QED) is 0.411. The first-order chi connectivity index (χ1) is 14.6. The molecule has 0 heterocycles. The molecular weight excluding hydrogens is 418 g/mol. The molecule has 170 valence electrons. The van der Waals surface area contributed by atoms with Crippen LogP contribution in [0, 0.1) is 29.3 Å². The Hall–Kier alpha value is -2.18. The van der Waals surface area contributed by atoms with Crippen molar-refractivity contribution in [2.45, 2.75) is 58.5 Å². The second-order valence-corrected chi connectivity index (χ2v) is 8.30. The van der Waals surface area contributed by atoms with E-state index in [-0.39, 0.29) is 24.3 Å². The standard InChI is InChI=1S/C24H26F6O/c1-3-31-19-13-12-18(22(26)23(19)27)17-11-10-16(20(21(17)25)24(28,29)30)9-8-15-6-4-14(2)5-7-15/h10-15H,3-9H2,1-2H3. The van der Waals surface area contributed by atoms with Crippen molar-refractivity contribution in [3.05, 3.63) is 52.8 Å². The number of benzene rings is 2. The lowest BCUT2D eigenvalue weighted by Crippen LogP contribution is -2.16. The highest BCUT2D eigenvalue weighted by atomic mass is 19.4. The van der Waals surface area contributed by atoms with E-state index in [4.69, 9.17) is 4.74 Å². The van der Waals surface area contributed by atoms with Crippen LogP contribution in [0.25, 0.3) is 11.1 Å². The van der Waals surface area contributed by atoms with Gasteiger partial charge in [0.25, 0.3) is 0 Å². The molecule has 2 aromatic carbocycles. The van der Waals surface area contributed by atoms with Gasteiger partial charge in [0.05, 0.1) is 12.2 Å². The van der Waals surface area contributed by atoms with Crippen molar-refractivity contribution in [1.82, 2.24) is 0 Å². The van der Waals surface area contributed by atoms with Gasteiger partial charge < -0.3 is 4.74 Å². The monoisotopic (exact) mass is 444 g/mol. The molecule has 1 aliphatic carbocycles. The molecule has 0 bridgehead atoms. The smallest absolute Gasteiger partial charge is 0.419 e. The van der Waals surface area contributed by atoms with Crippen molar-refractivity contribution >= 4 is 0 Å². The molecule has 0 amide bonds. The van der Waals surface area contributed by atoms with Gasteiger partial charge in [-0.15, -0.1) is 0 Å². The Balaban J connectivity index is 1.95. The average molecular weight is 444 g/mol. The molecular formula is C24H26F6O. The zero-order valence-electron chi connectivity index (χ0n) is 17.6. The van der Waals surface area contributed by atoms with Gasteiger partial charge in [-0.25, -0.2) is 8.78 Å². The number of halogens is 6. The number of aryl methyl sites for hydroxylation is 1. The second kappa shape index (κ2) is 9.53. The van der Waals surface area contributed by atoms with Gasteiger partial charge in [-0.1, -0.05) is 44.7 Å². The predicted octanol–water partition coefficient (Wildman–Crippen LogP) is 7.95. The van der Waals surface area contributed by atoms with Crippen LogP contribution in [0.15, 0.2) is 24.3 Å². The Kier molecular flexibility index (Phi) is 7.22. The summed E-state index contributed by atoms with van der Waals surface area (Å²) in [6.07, 6.45) is -0.304. The largest absolute Gasteiger partial charge is 0.491 e. The van der Waals surface area contributed by atoms with Crippen molar-refractivity contribution in [2.75, 3.05) is 6.61 Å². The van der Waals surface area contributed by atoms with E-state index in [2.05, 4.69) is 6.92 Å². The molecule has 0 unspecified atom stereocenters. The third-order valence-corrected chi connectivity index (χ3v) is 6.11. The number of alkyl halides is 3. The van der Waals surface area contributed by atoms with E-state index in [1.165, 1.54) is 6.07 Å². The Morgan fingerprint density at radius 3 is 2.10 bits per heavy atom. The highest BCUT2D eigenvalue weighted by molar-refractivity contribution is 5.68. The summed E-state index contributed by atoms with van der Waals surface area (Å²) in [5, 5.41) is 0. The van der Waals surface area contributed by atoms with Gasteiger partial charge in [0.15, 0.2) is 11.6 Å². The summed E-state index contributed by atoms with van der Waals surface area (Å²) in [4.78, 5) is 0. The summed E-state index contributed by atoms with van der Waals surface area (Å²) in [6, 6.07) is 4.40. The van der Waals surface area contributed by atoms with Gasteiger partial charge in [0, 0.05) is 11.1 Å². The van der Waals surface area contributed by atoms with E-state index in [0.29, 0.717) is 18.3 Å². The molecule has 31 heavy (non-hydrogen) atoms. The summed E-state index contributed by atoms with van der Waals surface area (Å²) in [5.74, 6) is -3.81. The van der Waals surface area contributed by atoms with Crippen LogP contribution in [0.4, 0.5) is 26.3 Å². The lowest BCUT2D eigenvalue weighted by atomic mass is 9.80. The van der Waals surface area contributed by atoms with E-state index in [1.807, 2.05) is 0 Å². The summed E-state index contributed by atoms with van der Waals surface area (Å²) in [5.41, 5.74) is -2.75. The minimum Gasteiger partial charge on any atom is -0.491 e. The predicted molar refractivity (Wildman–Crippen MR) is 107 cm³/mol. The van der Waals surface area contributed by atoms with Gasteiger partial charge in [0.2, 0.25) is 5.82 Å². The van der Waals surface area contributed by atoms with Crippen LogP contribution in [0.3, 0.4) is 0 Å². The van der Waals surface area contributed by atoms with Gasteiger partial charge in [-0.05, 0) is 49.3 Å². The molecule has 1 fully saturated rings. The van der Waals surface area contributed by atoms with Gasteiger partial charge in [-0.2, -0.15) is 17.6 Å². The summed E-state index contributed by atoms with van der Waals surface area (Å²) >= 11 is 0. The fourth-order valence-corrected chi connectivity index (χ4v) is 4.32. The zero-order valence-corrected chi connectivity index (χ0v) is 17.6. The van der Waals surface area contributed by atoms with E-state index in [0.717, 1.165) is 43.9 Å². The topological polar surface area (TPSA) is 9.23 Å².